The molecule has 0 radical (unpaired) electrons. The minimum atomic E-state index is 0.972. The lowest BCUT2D eigenvalue weighted by Crippen LogP contribution is -2.16. The van der Waals surface area contributed by atoms with Crippen LogP contribution in [-0.2, 0) is 0 Å². The van der Waals surface area contributed by atoms with E-state index in [-0.39, 0.29) is 0 Å². The standard InChI is InChI=1S/C12H14BrN/c1-9(2)14(10(3)4)12-7-5-11(13)6-8-12/h5-8H,1,3H2,2,4H3. The monoisotopic (exact) mass is 251 g/mol. The highest BCUT2D eigenvalue weighted by Crippen LogP contribution is 2.24. The van der Waals surface area contributed by atoms with E-state index < -0.39 is 0 Å². The van der Waals surface area contributed by atoms with Gasteiger partial charge < -0.3 is 4.90 Å². The van der Waals surface area contributed by atoms with E-state index in [1.807, 2.05) is 43.0 Å². The largest absolute Gasteiger partial charge is 0.320 e. The zero-order valence-electron chi connectivity index (χ0n) is 8.55. The molecule has 0 aliphatic carbocycles. The molecule has 0 atom stereocenters. The second-order valence-corrected chi connectivity index (χ2v) is 4.20. The summed E-state index contributed by atoms with van der Waals surface area (Å²) < 4.78 is 1.07. The maximum absolute atomic E-state index is 3.93. The third kappa shape index (κ3) is 2.48. The maximum atomic E-state index is 3.93. The maximum Gasteiger partial charge on any atom is 0.0455 e. The summed E-state index contributed by atoms with van der Waals surface area (Å²) in [4.78, 5) is 2.02. The van der Waals surface area contributed by atoms with Crippen LogP contribution in [0.15, 0.2) is 53.3 Å². The molecule has 0 fully saturated rings. The predicted octanol–water partition coefficient (Wildman–Crippen LogP) is 4.32. The van der Waals surface area contributed by atoms with E-state index in [1.54, 1.807) is 0 Å². The Balaban J connectivity index is 3.06. The van der Waals surface area contributed by atoms with Gasteiger partial charge in [0, 0.05) is 21.6 Å². The molecular weight excluding hydrogens is 238 g/mol. The second kappa shape index (κ2) is 4.47. The Morgan fingerprint density at radius 1 is 1.07 bits per heavy atom. The van der Waals surface area contributed by atoms with E-state index in [9.17, 15) is 0 Å². The fourth-order valence-corrected chi connectivity index (χ4v) is 1.62. The summed E-state index contributed by atoms with van der Waals surface area (Å²) in [7, 11) is 0. The lowest BCUT2D eigenvalue weighted by Gasteiger charge is -2.24. The van der Waals surface area contributed by atoms with E-state index in [0.717, 1.165) is 21.6 Å². The zero-order chi connectivity index (χ0) is 10.7. The van der Waals surface area contributed by atoms with Crippen molar-refractivity contribution in [3.05, 3.63) is 53.3 Å². The molecule has 0 spiro atoms. The summed E-state index contributed by atoms with van der Waals surface area (Å²) in [6, 6.07) is 8.09. The van der Waals surface area contributed by atoms with E-state index >= 15 is 0 Å². The first-order valence-corrected chi connectivity index (χ1v) is 5.18. The normalized spacial score (nSPS) is 9.64. The second-order valence-electron chi connectivity index (χ2n) is 3.28. The van der Waals surface area contributed by atoms with Crippen LogP contribution in [0.1, 0.15) is 13.8 Å². The topological polar surface area (TPSA) is 3.24 Å². The lowest BCUT2D eigenvalue weighted by molar-refractivity contribution is 1.08. The third-order valence-electron chi connectivity index (χ3n) is 1.85. The molecule has 1 aromatic carbocycles. The van der Waals surface area contributed by atoms with Crippen LogP contribution in [0.25, 0.3) is 0 Å². The molecule has 1 aromatic rings. The zero-order valence-corrected chi connectivity index (χ0v) is 10.1. The summed E-state index contributed by atoms with van der Waals surface area (Å²) >= 11 is 3.41. The lowest BCUT2D eigenvalue weighted by atomic mass is 10.2. The van der Waals surface area contributed by atoms with Crippen molar-refractivity contribution in [3.8, 4) is 0 Å². The molecule has 0 heterocycles. The smallest absolute Gasteiger partial charge is 0.0455 e. The molecule has 1 nitrogen and oxygen atoms in total. The Hall–Kier alpha value is -1.02. The van der Waals surface area contributed by atoms with Gasteiger partial charge >= 0.3 is 0 Å². The number of nitrogens with zero attached hydrogens (tertiary/aromatic N) is 1. The number of hydrogen-bond acceptors (Lipinski definition) is 1. The van der Waals surface area contributed by atoms with Gasteiger partial charge in [-0.25, -0.2) is 0 Å². The van der Waals surface area contributed by atoms with Gasteiger partial charge in [0.15, 0.2) is 0 Å². The first-order chi connectivity index (χ1) is 6.52. The molecule has 74 valence electrons. The van der Waals surface area contributed by atoms with Gasteiger partial charge in [0.25, 0.3) is 0 Å². The van der Waals surface area contributed by atoms with Crippen molar-refractivity contribution in [3.63, 3.8) is 0 Å². The fourth-order valence-electron chi connectivity index (χ4n) is 1.36. The number of rotatable bonds is 3. The molecule has 0 saturated heterocycles. The summed E-state index contributed by atoms with van der Waals surface area (Å²) in [6.45, 7) is 11.8. The molecule has 0 aliphatic heterocycles. The minimum absolute atomic E-state index is 0.972. The molecule has 0 N–H and O–H groups in total. The van der Waals surface area contributed by atoms with Gasteiger partial charge in [0.05, 0.1) is 0 Å². The van der Waals surface area contributed by atoms with Crippen LogP contribution in [0, 0.1) is 0 Å². The van der Waals surface area contributed by atoms with Crippen LogP contribution in [0.2, 0.25) is 0 Å². The molecule has 0 saturated carbocycles. The van der Waals surface area contributed by atoms with Gasteiger partial charge in [-0.3, -0.25) is 0 Å². The number of hydrogen-bond donors (Lipinski definition) is 0. The molecule has 1 rings (SSSR count). The van der Waals surface area contributed by atoms with E-state index in [2.05, 4.69) is 29.1 Å². The minimum Gasteiger partial charge on any atom is -0.320 e. The van der Waals surface area contributed by atoms with Crippen molar-refractivity contribution in [2.24, 2.45) is 0 Å². The first kappa shape index (κ1) is 11.1. The highest BCUT2D eigenvalue weighted by atomic mass is 79.9. The van der Waals surface area contributed by atoms with E-state index in [1.165, 1.54) is 0 Å². The Bertz CT molecular complexity index is 337. The third-order valence-corrected chi connectivity index (χ3v) is 2.38. The molecule has 0 aromatic heterocycles. The van der Waals surface area contributed by atoms with Crippen molar-refractivity contribution < 1.29 is 0 Å². The number of halogens is 1. The van der Waals surface area contributed by atoms with Gasteiger partial charge in [-0.05, 0) is 38.1 Å². The SMILES string of the molecule is C=C(C)N(C(=C)C)c1ccc(Br)cc1. The van der Waals surface area contributed by atoms with Crippen molar-refractivity contribution >= 4 is 21.6 Å². The predicted molar refractivity (Wildman–Crippen MR) is 66.2 cm³/mol. The Morgan fingerprint density at radius 3 is 1.86 bits per heavy atom. The van der Waals surface area contributed by atoms with Gasteiger partial charge in [-0.15, -0.1) is 0 Å². The van der Waals surface area contributed by atoms with Crippen LogP contribution < -0.4 is 4.90 Å². The molecule has 0 unspecified atom stereocenters. The Morgan fingerprint density at radius 2 is 1.50 bits per heavy atom. The number of benzene rings is 1. The van der Waals surface area contributed by atoms with E-state index in [4.69, 9.17) is 0 Å². The molecule has 0 aliphatic rings. The quantitative estimate of drug-likeness (QED) is 0.774. The Kier molecular flexibility index (Phi) is 3.53. The fraction of sp³-hybridized carbons (Fsp3) is 0.167. The van der Waals surface area contributed by atoms with Crippen molar-refractivity contribution in [2.45, 2.75) is 13.8 Å². The summed E-state index contributed by atoms with van der Waals surface area (Å²) in [5.74, 6) is 0. The van der Waals surface area contributed by atoms with Crippen molar-refractivity contribution in [1.82, 2.24) is 0 Å². The molecular formula is C12H14BrN. The van der Waals surface area contributed by atoms with Gasteiger partial charge in [-0.1, -0.05) is 29.1 Å². The highest BCUT2D eigenvalue weighted by Gasteiger charge is 2.06. The summed E-state index contributed by atoms with van der Waals surface area (Å²) in [5.41, 5.74) is 3.04. The van der Waals surface area contributed by atoms with Gasteiger partial charge in [-0.2, -0.15) is 0 Å². The summed E-state index contributed by atoms with van der Waals surface area (Å²) in [6.07, 6.45) is 0. The van der Waals surface area contributed by atoms with Crippen molar-refractivity contribution in [1.29, 1.82) is 0 Å². The molecule has 0 amide bonds. The highest BCUT2D eigenvalue weighted by molar-refractivity contribution is 9.10. The molecule has 0 bridgehead atoms. The molecule has 2 heteroatoms. The van der Waals surface area contributed by atoms with E-state index in [0.29, 0.717) is 0 Å². The summed E-state index contributed by atoms with van der Waals surface area (Å²) in [5, 5.41) is 0. The van der Waals surface area contributed by atoms with Crippen LogP contribution in [0.5, 0.6) is 0 Å². The van der Waals surface area contributed by atoms with Crippen LogP contribution in [-0.4, -0.2) is 0 Å². The van der Waals surface area contributed by atoms with Gasteiger partial charge in [0.2, 0.25) is 0 Å². The van der Waals surface area contributed by atoms with Crippen molar-refractivity contribution in [2.75, 3.05) is 4.90 Å². The number of allylic oxidation sites excluding steroid dienone is 2. The van der Waals surface area contributed by atoms with Gasteiger partial charge in [0.1, 0.15) is 0 Å². The number of anilines is 1. The molecule has 14 heavy (non-hydrogen) atoms. The Labute approximate surface area is 93.9 Å². The average Bonchev–Trinajstić information content (AvgIpc) is 2.07. The van der Waals surface area contributed by atoms with Crippen LogP contribution in [0.4, 0.5) is 5.69 Å². The van der Waals surface area contributed by atoms with Crippen LogP contribution in [0.3, 0.4) is 0 Å². The van der Waals surface area contributed by atoms with Crippen LogP contribution >= 0.6 is 15.9 Å². The first-order valence-electron chi connectivity index (χ1n) is 4.39. The average molecular weight is 252 g/mol.